The van der Waals surface area contributed by atoms with Crippen molar-refractivity contribution in [1.29, 1.82) is 0 Å². The summed E-state index contributed by atoms with van der Waals surface area (Å²) in [6, 6.07) is 13.1. The molecule has 0 radical (unpaired) electrons. The molecule has 7 nitrogen and oxygen atoms in total. The van der Waals surface area contributed by atoms with Gasteiger partial charge in [-0.2, -0.15) is 0 Å². The Morgan fingerprint density at radius 3 is 2.84 bits per heavy atom. The van der Waals surface area contributed by atoms with Crippen LogP contribution in [0.15, 0.2) is 47.8 Å². The van der Waals surface area contributed by atoms with Crippen LogP contribution in [-0.4, -0.2) is 43.7 Å². The monoisotopic (exact) mass is 437 g/mol. The highest BCUT2D eigenvalue weighted by Gasteiger charge is 2.28. The van der Waals surface area contributed by atoms with E-state index in [-0.39, 0.29) is 25.0 Å². The number of nitrogens with zero attached hydrogens (tertiary/aromatic N) is 2. The fourth-order valence-corrected chi connectivity index (χ4v) is 4.05. The third kappa shape index (κ3) is 4.92. The number of hydrogen-bond acceptors (Lipinski definition) is 6. The van der Waals surface area contributed by atoms with E-state index in [4.69, 9.17) is 9.47 Å². The van der Waals surface area contributed by atoms with E-state index in [0.717, 1.165) is 28.2 Å². The topological polar surface area (TPSA) is 80.8 Å². The molecule has 0 atom stereocenters. The first-order valence-electron chi connectivity index (χ1n) is 9.91. The van der Waals surface area contributed by atoms with Crippen molar-refractivity contribution >= 4 is 34.5 Å². The first-order chi connectivity index (χ1) is 15.0. The lowest BCUT2D eigenvalue weighted by Gasteiger charge is -2.29. The molecular formula is C23H23N3O4S. The van der Waals surface area contributed by atoms with Gasteiger partial charge in [-0.15, -0.1) is 11.3 Å². The van der Waals surface area contributed by atoms with Gasteiger partial charge in [0.2, 0.25) is 5.91 Å². The van der Waals surface area contributed by atoms with Crippen molar-refractivity contribution in [3.05, 3.63) is 58.4 Å². The van der Waals surface area contributed by atoms with Gasteiger partial charge in [-0.1, -0.05) is 17.7 Å². The average Bonchev–Trinajstić information content (AvgIpc) is 3.24. The first-order valence-corrected chi connectivity index (χ1v) is 10.8. The summed E-state index contributed by atoms with van der Waals surface area (Å²) < 4.78 is 10.7. The average molecular weight is 438 g/mol. The Balaban J connectivity index is 1.54. The molecule has 0 unspecified atom stereocenters. The van der Waals surface area contributed by atoms with E-state index in [2.05, 4.69) is 10.3 Å². The van der Waals surface area contributed by atoms with Crippen LogP contribution in [0.25, 0.3) is 11.3 Å². The molecule has 2 heterocycles. The molecule has 0 fully saturated rings. The summed E-state index contributed by atoms with van der Waals surface area (Å²) in [6.45, 7) is 2.41. The number of aromatic nitrogens is 1. The van der Waals surface area contributed by atoms with Gasteiger partial charge in [0.05, 0.1) is 23.0 Å². The molecule has 1 N–H and O–H groups in total. The number of fused-ring (bicyclic) bond motifs is 1. The van der Waals surface area contributed by atoms with Crippen molar-refractivity contribution in [3.63, 3.8) is 0 Å². The lowest BCUT2D eigenvalue weighted by molar-refractivity contribution is -0.123. The molecule has 2 aromatic carbocycles. The van der Waals surface area contributed by atoms with E-state index in [0.29, 0.717) is 23.7 Å². The molecule has 1 aliphatic heterocycles. The van der Waals surface area contributed by atoms with Crippen LogP contribution in [0.4, 0.5) is 11.4 Å². The van der Waals surface area contributed by atoms with Crippen molar-refractivity contribution in [2.75, 3.05) is 37.1 Å². The minimum Gasteiger partial charge on any atom is -0.482 e. The Hall–Kier alpha value is -3.23. The summed E-state index contributed by atoms with van der Waals surface area (Å²) >= 11 is 1.57. The molecule has 0 saturated heterocycles. The molecule has 8 heteroatoms. The second-order valence-corrected chi connectivity index (χ2v) is 8.18. The van der Waals surface area contributed by atoms with E-state index >= 15 is 0 Å². The quantitative estimate of drug-likeness (QED) is 0.610. The van der Waals surface area contributed by atoms with E-state index in [1.54, 1.807) is 18.4 Å². The summed E-state index contributed by atoms with van der Waals surface area (Å²) in [6.07, 6.45) is 0.749. The highest BCUT2D eigenvalue weighted by Crippen LogP contribution is 2.36. The largest absolute Gasteiger partial charge is 0.482 e. The highest BCUT2D eigenvalue weighted by molar-refractivity contribution is 7.09. The van der Waals surface area contributed by atoms with Crippen molar-refractivity contribution < 1.29 is 19.1 Å². The van der Waals surface area contributed by atoms with Gasteiger partial charge < -0.3 is 14.8 Å². The van der Waals surface area contributed by atoms with Crippen LogP contribution in [-0.2, 0) is 20.7 Å². The van der Waals surface area contributed by atoms with Gasteiger partial charge in [0.1, 0.15) is 12.3 Å². The van der Waals surface area contributed by atoms with Crippen LogP contribution < -0.4 is 15.0 Å². The SMILES string of the molecule is COCCc1nc(-c2ccc3c(c2)N(CC(=O)Nc2ccc(C)cc2)C(=O)CO3)cs1. The number of carbonyl (C=O) groups excluding carboxylic acids is 2. The minimum atomic E-state index is -0.272. The lowest BCUT2D eigenvalue weighted by atomic mass is 10.1. The maximum atomic E-state index is 12.6. The van der Waals surface area contributed by atoms with Crippen molar-refractivity contribution in [1.82, 2.24) is 4.98 Å². The van der Waals surface area contributed by atoms with Crippen LogP contribution in [0.1, 0.15) is 10.6 Å². The van der Waals surface area contributed by atoms with Gasteiger partial charge in [-0.3, -0.25) is 14.5 Å². The molecule has 0 aliphatic carbocycles. The zero-order valence-corrected chi connectivity index (χ0v) is 18.2. The third-order valence-electron chi connectivity index (χ3n) is 4.91. The smallest absolute Gasteiger partial charge is 0.265 e. The second kappa shape index (κ2) is 9.28. The number of hydrogen-bond donors (Lipinski definition) is 1. The molecule has 0 bridgehead atoms. The Kier molecular flexibility index (Phi) is 6.29. The summed E-state index contributed by atoms with van der Waals surface area (Å²) in [5.74, 6) is 0.0371. The van der Waals surface area contributed by atoms with E-state index in [9.17, 15) is 9.59 Å². The third-order valence-corrected chi connectivity index (χ3v) is 5.82. The molecule has 0 spiro atoms. The number of thiazole rings is 1. The number of nitrogens with one attached hydrogen (secondary N) is 1. The number of anilines is 2. The zero-order chi connectivity index (χ0) is 21.8. The molecule has 160 valence electrons. The molecule has 3 aromatic rings. The second-order valence-electron chi connectivity index (χ2n) is 7.23. The Morgan fingerprint density at radius 2 is 2.06 bits per heavy atom. The first kappa shape index (κ1) is 21.0. The predicted molar refractivity (Wildman–Crippen MR) is 121 cm³/mol. The number of aryl methyl sites for hydroxylation is 1. The van der Waals surface area contributed by atoms with Crippen LogP contribution in [0.5, 0.6) is 5.75 Å². The molecule has 31 heavy (non-hydrogen) atoms. The summed E-state index contributed by atoms with van der Waals surface area (Å²) in [7, 11) is 1.67. The fraction of sp³-hybridized carbons (Fsp3) is 0.261. The van der Waals surface area contributed by atoms with Crippen LogP contribution in [0, 0.1) is 6.92 Å². The van der Waals surface area contributed by atoms with Gasteiger partial charge in [-0.25, -0.2) is 4.98 Å². The van der Waals surface area contributed by atoms with Gasteiger partial charge in [-0.05, 0) is 37.3 Å². The summed E-state index contributed by atoms with van der Waals surface area (Å²) in [5.41, 5.74) is 4.05. The normalized spacial score (nSPS) is 13.0. The number of ether oxygens (including phenoxy) is 2. The number of methoxy groups -OCH3 is 1. The van der Waals surface area contributed by atoms with Gasteiger partial charge in [0.25, 0.3) is 5.91 Å². The summed E-state index contributed by atoms with van der Waals surface area (Å²) in [5, 5.41) is 5.80. The minimum absolute atomic E-state index is 0.0946. The molecule has 2 amide bonds. The van der Waals surface area contributed by atoms with E-state index in [1.807, 2.05) is 54.8 Å². The molecule has 0 saturated carbocycles. The Labute approximate surface area is 184 Å². The fourth-order valence-electron chi connectivity index (χ4n) is 3.26. The molecule has 4 rings (SSSR count). The van der Waals surface area contributed by atoms with Gasteiger partial charge in [0.15, 0.2) is 6.61 Å². The van der Waals surface area contributed by atoms with Crippen molar-refractivity contribution in [3.8, 4) is 17.0 Å². The van der Waals surface area contributed by atoms with Crippen molar-refractivity contribution in [2.24, 2.45) is 0 Å². The Bertz CT molecular complexity index is 1090. The maximum absolute atomic E-state index is 12.6. The van der Waals surface area contributed by atoms with Gasteiger partial charge >= 0.3 is 0 Å². The standard InChI is InChI=1S/C23H23N3O4S/c1-15-3-6-17(7-4-15)24-21(27)12-26-19-11-16(5-8-20(19)30-13-23(26)28)18-14-31-22(25-18)9-10-29-2/h3-8,11,14H,9-10,12-13H2,1-2H3,(H,24,27). The maximum Gasteiger partial charge on any atom is 0.265 e. The highest BCUT2D eigenvalue weighted by atomic mass is 32.1. The lowest BCUT2D eigenvalue weighted by Crippen LogP contribution is -2.43. The number of amides is 2. The summed E-state index contributed by atoms with van der Waals surface area (Å²) in [4.78, 5) is 31.3. The number of carbonyl (C=O) groups is 2. The Morgan fingerprint density at radius 1 is 1.26 bits per heavy atom. The van der Waals surface area contributed by atoms with Crippen LogP contribution >= 0.6 is 11.3 Å². The zero-order valence-electron chi connectivity index (χ0n) is 17.4. The van der Waals surface area contributed by atoms with Crippen LogP contribution in [0.3, 0.4) is 0 Å². The predicted octanol–water partition coefficient (Wildman–Crippen LogP) is 3.67. The molecule has 1 aromatic heterocycles. The van der Waals surface area contributed by atoms with E-state index < -0.39 is 0 Å². The van der Waals surface area contributed by atoms with Crippen LogP contribution in [0.2, 0.25) is 0 Å². The number of rotatable bonds is 7. The van der Waals surface area contributed by atoms with Gasteiger partial charge in [0, 0.05) is 30.2 Å². The number of benzene rings is 2. The van der Waals surface area contributed by atoms with Crippen molar-refractivity contribution in [2.45, 2.75) is 13.3 Å². The molecule has 1 aliphatic rings. The van der Waals surface area contributed by atoms with E-state index in [1.165, 1.54) is 4.90 Å². The molecular weight excluding hydrogens is 414 g/mol.